The first-order valence-electron chi connectivity index (χ1n) is 6.74. The summed E-state index contributed by atoms with van der Waals surface area (Å²) < 4.78 is 5.78. The zero-order valence-corrected chi connectivity index (χ0v) is 10.9. The predicted octanol–water partition coefficient (Wildman–Crippen LogP) is 3.79. The van der Waals surface area contributed by atoms with Gasteiger partial charge < -0.3 is 4.74 Å². The van der Waals surface area contributed by atoms with Gasteiger partial charge >= 0.3 is 0 Å². The summed E-state index contributed by atoms with van der Waals surface area (Å²) in [7, 11) is 1.90. The zero-order chi connectivity index (χ0) is 11.6. The first kappa shape index (κ1) is 10.8. The molecule has 3 fully saturated rings. The molecule has 0 radical (unpaired) electrons. The minimum absolute atomic E-state index is 0.368. The Balaban J connectivity index is 2.03. The van der Waals surface area contributed by atoms with Crippen LogP contribution in [0.25, 0.3) is 0 Å². The van der Waals surface area contributed by atoms with Gasteiger partial charge in [-0.3, -0.25) is 0 Å². The van der Waals surface area contributed by atoms with Crippen LogP contribution in [0.3, 0.4) is 0 Å². The maximum atomic E-state index is 5.78. The van der Waals surface area contributed by atoms with Gasteiger partial charge in [0.05, 0.1) is 6.10 Å². The van der Waals surface area contributed by atoms with E-state index in [2.05, 4.69) is 20.4 Å². The van der Waals surface area contributed by atoms with E-state index in [4.69, 9.17) is 4.74 Å². The van der Waals surface area contributed by atoms with E-state index in [0.717, 1.165) is 11.8 Å². The quantitative estimate of drug-likeness (QED) is 0.611. The van der Waals surface area contributed by atoms with Crippen molar-refractivity contribution < 1.29 is 4.74 Å². The molecule has 2 bridgehead atoms. The van der Waals surface area contributed by atoms with Gasteiger partial charge in [0.25, 0.3) is 0 Å². The van der Waals surface area contributed by atoms with Crippen molar-refractivity contribution in [2.45, 2.75) is 52.1 Å². The minimum Gasteiger partial charge on any atom is -0.381 e. The van der Waals surface area contributed by atoms with E-state index < -0.39 is 0 Å². The van der Waals surface area contributed by atoms with Crippen LogP contribution in [0.1, 0.15) is 46.0 Å². The van der Waals surface area contributed by atoms with Crippen LogP contribution in [0.15, 0.2) is 12.2 Å². The smallest absolute Gasteiger partial charge is 0.0633 e. The second-order valence-electron chi connectivity index (χ2n) is 6.77. The molecule has 1 nitrogen and oxygen atoms in total. The maximum Gasteiger partial charge on any atom is 0.0633 e. The average Bonchev–Trinajstić information content (AvgIpc) is 2.81. The molecule has 3 saturated carbocycles. The minimum atomic E-state index is 0.368. The summed E-state index contributed by atoms with van der Waals surface area (Å²) in [4.78, 5) is 0. The molecule has 0 N–H and O–H groups in total. The van der Waals surface area contributed by atoms with E-state index in [1.165, 1.54) is 37.7 Å². The van der Waals surface area contributed by atoms with Crippen LogP contribution >= 0.6 is 0 Å². The third kappa shape index (κ3) is 1.06. The molecule has 0 amide bonds. The number of ether oxygens (including phenoxy) is 1. The molecular weight excluding hydrogens is 196 g/mol. The lowest BCUT2D eigenvalue weighted by Gasteiger charge is -2.48. The lowest BCUT2D eigenvalue weighted by Crippen LogP contribution is -2.43. The number of methoxy groups -OCH3 is 1. The molecule has 3 aliphatic rings. The Morgan fingerprint density at radius 1 is 1.25 bits per heavy atom. The highest BCUT2D eigenvalue weighted by atomic mass is 16.5. The highest BCUT2D eigenvalue weighted by molar-refractivity contribution is 5.27. The lowest BCUT2D eigenvalue weighted by molar-refractivity contribution is -0.0205. The number of fused-ring (bicyclic) bond motifs is 1. The number of hydrogen-bond acceptors (Lipinski definition) is 1. The number of allylic oxidation sites excluding steroid dienone is 1. The van der Waals surface area contributed by atoms with Crippen LogP contribution in [0.5, 0.6) is 0 Å². The topological polar surface area (TPSA) is 9.23 Å². The Morgan fingerprint density at radius 3 is 2.69 bits per heavy atom. The van der Waals surface area contributed by atoms with Crippen LogP contribution in [-0.2, 0) is 4.74 Å². The summed E-state index contributed by atoms with van der Waals surface area (Å²) in [5.41, 5.74) is 2.38. The Bertz CT molecular complexity index is 330. The summed E-state index contributed by atoms with van der Waals surface area (Å²) in [5, 5.41) is 0. The number of rotatable bonds is 1. The molecule has 0 aromatic heterocycles. The zero-order valence-electron chi connectivity index (χ0n) is 10.9. The van der Waals surface area contributed by atoms with Gasteiger partial charge in [0.15, 0.2) is 0 Å². The third-order valence-electron chi connectivity index (χ3n) is 6.19. The van der Waals surface area contributed by atoms with Crippen LogP contribution in [0.2, 0.25) is 0 Å². The molecule has 0 saturated heterocycles. The largest absolute Gasteiger partial charge is 0.381 e. The maximum absolute atomic E-state index is 5.78. The molecule has 0 heterocycles. The molecule has 3 rings (SSSR count). The average molecular weight is 220 g/mol. The Hall–Kier alpha value is -0.300. The second kappa shape index (κ2) is 3.13. The molecule has 4 atom stereocenters. The molecule has 16 heavy (non-hydrogen) atoms. The fourth-order valence-electron chi connectivity index (χ4n) is 5.03. The molecule has 1 heteroatoms. The van der Waals surface area contributed by atoms with Gasteiger partial charge in [0.1, 0.15) is 0 Å². The van der Waals surface area contributed by atoms with Crippen molar-refractivity contribution in [3.63, 3.8) is 0 Å². The summed E-state index contributed by atoms with van der Waals surface area (Å²) >= 11 is 0. The molecule has 1 spiro atoms. The molecule has 90 valence electrons. The predicted molar refractivity (Wildman–Crippen MR) is 66.2 cm³/mol. The van der Waals surface area contributed by atoms with Gasteiger partial charge in [0.2, 0.25) is 0 Å². The van der Waals surface area contributed by atoms with Crippen molar-refractivity contribution in [3.05, 3.63) is 12.2 Å². The van der Waals surface area contributed by atoms with Gasteiger partial charge in [-0.1, -0.05) is 26.0 Å². The monoisotopic (exact) mass is 220 g/mol. The molecule has 0 aliphatic heterocycles. The fourth-order valence-corrected chi connectivity index (χ4v) is 5.03. The van der Waals surface area contributed by atoms with Gasteiger partial charge in [0, 0.05) is 12.5 Å². The summed E-state index contributed by atoms with van der Waals surface area (Å²) in [6.45, 7) is 9.28. The molecule has 0 aromatic carbocycles. The van der Waals surface area contributed by atoms with E-state index in [0.29, 0.717) is 16.9 Å². The normalized spacial score (nSPS) is 49.4. The van der Waals surface area contributed by atoms with Gasteiger partial charge in [-0.05, 0) is 49.4 Å². The van der Waals surface area contributed by atoms with Gasteiger partial charge in [-0.2, -0.15) is 0 Å². The van der Waals surface area contributed by atoms with Crippen molar-refractivity contribution >= 4 is 0 Å². The van der Waals surface area contributed by atoms with Crippen LogP contribution in [0.4, 0.5) is 0 Å². The van der Waals surface area contributed by atoms with Crippen molar-refractivity contribution in [1.29, 1.82) is 0 Å². The Kier molecular flexibility index (Phi) is 2.12. The summed E-state index contributed by atoms with van der Waals surface area (Å²) in [6.07, 6.45) is 7.24. The standard InChI is InChI=1S/C15H24O/c1-10-12-5-6-13(16-4)15(12)8-7-11(9-15)14(10,2)3/h11-13H,1,5-9H2,2-4H3/t11-,12?,13+,15-/m1/s1. The van der Waals surface area contributed by atoms with E-state index >= 15 is 0 Å². The molecule has 0 aromatic rings. The number of hydrogen-bond donors (Lipinski definition) is 0. The van der Waals surface area contributed by atoms with Gasteiger partial charge in [-0.25, -0.2) is 0 Å². The van der Waals surface area contributed by atoms with Crippen molar-refractivity contribution in [3.8, 4) is 0 Å². The lowest BCUT2D eigenvalue weighted by atomic mass is 9.57. The SMILES string of the molecule is C=C1C2CC[C@H](OC)[C@@]23CC[C@H](C3)C1(C)C. The van der Waals surface area contributed by atoms with Crippen LogP contribution < -0.4 is 0 Å². The van der Waals surface area contributed by atoms with Crippen LogP contribution in [0, 0.1) is 22.7 Å². The van der Waals surface area contributed by atoms with E-state index in [9.17, 15) is 0 Å². The van der Waals surface area contributed by atoms with Crippen molar-refractivity contribution in [2.75, 3.05) is 7.11 Å². The Morgan fingerprint density at radius 2 is 2.00 bits per heavy atom. The highest BCUT2D eigenvalue weighted by Gasteiger charge is 2.62. The van der Waals surface area contributed by atoms with Gasteiger partial charge in [-0.15, -0.1) is 0 Å². The van der Waals surface area contributed by atoms with Crippen molar-refractivity contribution in [1.82, 2.24) is 0 Å². The molecule has 3 aliphatic carbocycles. The molecular formula is C15H24O. The molecule has 1 unspecified atom stereocenters. The van der Waals surface area contributed by atoms with Crippen LogP contribution in [-0.4, -0.2) is 13.2 Å². The highest BCUT2D eigenvalue weighted by Crippen LogP contribution is 2.68. The summed E-state index contributed by atoms with van der Waals surface area (Å²) in [5.74, 6) is 1.60. The van der Waals surface area contributed by atoms with E-state index in [1.54, 1.807) is 0 Å². The third-order valence-corrected chi connectivity index (χ3v) is 6.19. The first-order chi connectivity index (χ1) is 7.52. The summed E-state index contributed by atoms with van der Waals surface area (Å²) in [6, 6.07) is 0. The fraction of sp³-hybridized carbons (Fsp3) is 0.867. The van der Waals surface area contributed by atoms with E-state index in [-0.39, 0.29) is 0 Å². The Labute approximate surface area is 99.3 Å². The van der Waals surface area contributed by atoms with E-state index in [1.807, 2.05) is 7.11 Å². The second-order valence-corrected chi connectivity index (χ2v) is 6.77. The van der Waals surface area contributed by atoms with Crippen molar-refractivity contribution in [2.24, 2.45) is 22.7 Å². The first-order valence-corrected chi connectivity index (χ1v) is 6.74.